The van der Waals surface area contributed by atoms with Gasteiger partial charge in [-0.1, -0.05) is 105 Å². The van der Waals surface area contributed by atoms with Crippen LogP contribution in [0.15, 0.2) is 114 Å². The summed E-state index contributed by atoms with van der Waals surface area (Å²) in [6.07, 6.45) is 0.276. The highest BCUT2D eigenvalue weighted by molar-refractivity contribution is 7.92. The van der Waals surface area contributed by atoms with Gasteiger partial charge in [-0.25, -0.2) is 8.42 Å². The molecule has 0 radical (unpaired) electrons. The van der Waals surface area contributed by atoms with Crippen molar-refractivity contribution >= 4 is 27.5 Å². The molecular weight excluding hydrogens is 570 g/mol. The first kappa shape index (κ1) is 32.5. The molecule has 0 saturated carbocycles. The van der Waals surface area contributed by atoms with Crippen LogP contribution < -0.4 is 9.62 Å². The molecule has 8 heteroatoms. The predicted octanol–water partition coefficient (Wildman–Crippen LogP) is 5.91. The Labute approximate surface area is 261 Å². The molecule has 230 valence electrons. The van der Waals surface area contributed by atoms with E-state index in [2.05, 4.69) is 5.32 Å². The summed E-state index contributed by atoms with van der Waals surface area (Å²) in [6.45, 7) is 7.84. The van der Waals surface area contributed by atoms with E-state index in [4.69, 9.17) is 0 Å². The van der Waals surface area contributed by atoms with Gasteiger partial charge in [0.2, 0.25) is 11.8 Å². The van der Waals surface area contributed by atoms with Crippen LogP contribution in [0.25, 0.3) is 0 Å². The van der Waals surface area contributed by atoms with E-state index in [0.29, 0.717) is 17.8 Å². The summed E-state index contributed by atoms with van der Waals surface area (Å²) >= 11 is 0. The summed E-state index contributed by atoms with van der Waals surface area (Å²) in [5, 5.41) is 3.02. The van der Waals surface area contributed by atoms with Gasteiger partial charge in [-0.05, 0) is 60.2 Å². The fourth-order valence-electron chi connectivity index (χ4n) is 4.98. The van der Waals surface area contributed by atoms with Crippen LogP contribution in [0.3, 0.4) is 0 Å². The molecule has 0 spiro atoms. The van der Waals surface area contributed by atoms with Gasteiger partial charge in [0.15, 0.2) is 0 Å². The van der Waals surface area contributed by atoms with Gasteiger partial charge in [0, 0.05) is 19.5 Å². The Hall–Kier alpha value is -4.43. The van der Waals surface area contributed by atoms with Crippen molar-refractivity contribution in [1.29, 1.82) is 0 Å². The van der Waals surface area contributed by atoms with Crippen molar-refractivity contribution in [1.82, 2.24) is 10.2 Å². The van der Waals surface area contributed by atoms with Crippen LogP contribution in [-0.2, 0) is 32.6 Å². The molecule has 2 amide bonds. The molecule has 0 aromatic heterocycles. The normalized spacial score (nSPS) is 12.0. The van der Waals surface area contributed by atoms with E-state index in [1.807, 2.05) is 100 Å². The maximum Gasteiger partial charge on any atom is 0.264 e. The average molecular weight is 612 g/mol. The molecule has 1 unspecified atom stereocenters. The molecule has 4 aromatic rings. The molecule has 4 rings (SSSR count). The molecule has 0 aliphatic carbocycles. The van der Waals surface area contributed by atoms with E-state index in [9.17, 15) is 18.0 Å². The second kappa shape index (κ2) is 14.8. The molecule has 0 bridgehead atoms. The summed E-state index contributed by atoms with van der Waals surface area (Å²) in [4.78, 5) is 30.0. The van der Waals surface area contributed by atoms with Crippen LogP contribution in [0.1, 0.15) is 36.1 Å². The highest BCUT2D eigenvalue weighted by Crippen LogP contribution is 2.28. The number of rotatable bonds is 13. The smallest absolute Gasteiger partial charge is 0.264 e. The molecule has 0 aliphatic heterocycles. The maximum atomic E-state index is 14.5. The summed E-state index contributed by atoms with van der Waals surface area (Å²) < 4.78 is 29.5. The second-order valence-electron chi connectivity index (χ2n) is 11.5. The number of anilines is 1. The van der Waals surface area contributed by atoms with Gasteiger partial charge in [0.05, 0.1) is 10.6 Å². The van der Waals surface area contributed by atoms with E-state index in [-0.39, 0.29) is 29.7 Å². The van der Waals surface area contributed by atoms with E-state index >= 15 is 0 Å². The predicted molar refractivity (Wildman–Crippen MR) is 176 cm³/mol. The minimum Gasteiger partial charge on any atom is -0.354 e. The van der Waals surface area contributed by atoms with Crippen molar-refractivity contribution in [3.8, 4) is 0 Å². The molecule has 0 saturated heterocycles. The van der Waals surface area contributed by atoms with E-state index in [1.165, 1.54) is 21.3 Å². The summed E-state index contributed by atoms with van der Waals surface area (Å²) in [7, 11) is -4.14. The van der Waals surface area contributed by atoms with Crippen molar-refractivity contribution in [2.75, 3.05) is 17.4 Å². The Bertz CT molecular complexity index is 1640. The number of hydrogen-bond acceptors (Lipinski definition) is 4. The Kier molecular flexibility index (Phi) is 11.0. The maximum absolute atomic E-state index is 14.5. The van der Waals surface area contributed by atoms with Gasteiger partial charge in [0.25, 0.3) is 10.0 Å². The zero-order chi connectivity index (χ0) is 31.7. The number of nitrogens with one attached hydrogen (secondary N) is 1. The third kappa shape index (κ3) is 8.35. The first-order valence-electron chi connectivity index (χ1n) is 14.9. The molecule has 0 heterocycles. The van der Waals surface area contributed by atoms with Crippen LogP contribution in [0.4, 0.5) is 5.69 Å². The van der Waals surface area contributed by atoms with E-state index in [0.717, 1.165) is 16.7 Å². The van der Waals surface area contributed by atoms with E-state index in [1.54, 1.807) is 24.3 Å². The third-order valence-corrected chi connectivity index (χ3v) is 9.17. The summed E-state index contributed by atoms with van der Waals surface area (Å²) in [6, 6.07) is 31.8. The number of carbonyl (C=O) groups is 2. The average Bonchev–Trinajstić information content (AvgIpc) is 3.03. The number of nitrogens with zero attached hydrogens (tertiary/aromatic N) is 2. The Morgan fingerprint density at radius 2 is 1.34 bits per heavy atom. The van der Waals surface area contributed by atoms with Crippen molar-refractivity contribution in [3.05, 3.63) is 131 Å². The lowest BCUT2D eigenvalue weighted by Gasteiger charge is -2.34. The van der Waals surface area contributed by atoms with Crippen molar-refractivity contribution < 1.29 is 18.0 Å². The second-order valence-corrected chi connectivity index (χ2v) is 13.3. The zero-order valence-corrected chi connectivity index (χ0v) is 26.6. The van der Waals surface area contributed by atoms with Crippen LogP contribution in [0, 0.1) is 19.8 Å². The van der Waals surface area contributed by atoms with Gasteiger partial charge in [0.1, 0.15) is 12.6 Å². The molecule has 7 nitrogen and oxygen atoms in total. The van der Waals surface area contributed by atoms with Crippen LogP contribution in [0.5, 0.6) is 0 Å². The molecule has 1 atom stereocenters. The highest BCUT2D eigenvalue weighted by atomic mass is 32.2. The van der Waals surface area contributed by atoms with Gasteiger partial charge >= 0.3 is 0 Å². The first-order chi connectivity index (χ1) is 21.1. The molecule has 0 aliphatic rings. The minimum absolute atomic E-state index is 0.0822. The quantitative estimate of drug-likeness (QED) is 0.204. The van der Waals surface area contributed by atoms with Gasteiger partial charge in [-0.3, -0.25) is 13.9 Å². The lowest BCUT2D eigenvalue weighted by Crippen LogP contribution is -2.53. The number of hydrogen-bond donors (Lipinski definition) is 1. The Balaban J connectivity index is 1.81. The number of carbonyl (C=O) groups excluding carboxylic acids is 2. The molecule has 0 fully saturated rings. The fraction of sp³-hybridized carbons (Fsp3) is 0.278. The SMILES string of the molecule is Cc1ccc(C)c(N(CC(=O)N(Cc2ccccc2)C(Cc2ccccc2)C(=O)NCC(C)C)S(=O)(=O)c2ccccc2)c1. The third-order valence-electron chi connectivity index (χ3n) is 7.39. The first-order valence-corrected chi connectivity index (χ1v) is 16.3. The van der Waals surface area contributed by atoms with Gasteiger partial charge < -0.3 is 10.2 Å². The van der Waals surface area contributed by atoms with Gasteiger partial charge in [-0.2, -0.15) is 0 Å². The largest absolute Gasteiger partial charge is 0.354 e. The molecule has 1 N–H and O–H groups in total. The number of sulfonamides is 1. The van der Waals surface area contributed by atoms with E-state index < -0.39 is 28.5 Å². The highest BCUT2D eigenvalue weighted by Gasteiger charge is 2.35. The monoisotopic (exact) mass is 611 g/mol. The number of amides is 2. The molecular formula is C36H41N3O4S. The standard InChI is InChI=1S/C36H41N3O4S/c1-27(2)24-37-36(41)34(23-30-14-8-5-9-15-30)38(25-31-16-10-6-11-17-31)35(40)26-39(33-22-28(3)20-21-29(33)4)44(42,43)32-18-12-7-13-19-32/h5-22,27,34H,23-26H2,1-4H3,(H,37,41). The minimum atomic E-state index is -4.14. The van der Waals surface area contributed by atoms with Crippen LogP contribution in [-0.4, -0.2) is 44.3 Å². The van der Waals surface area contributed by atoms with Crippen molar-refractivity contribution in [2.45, 2.75) is 51.6 Å². The van der Waals surface area contributed by atoms with Crippen LogP contribution in [0.2, 0.25) is 0 Å². The fourth-order valence-corrected chi connectivity index (χ4v) is 6.47. The summed E-state index contributed by atoms with van der Waals surface area (Å²) in [5.41, 5.74) is 3.73. The zero-order valence-electron chi connectivity index (χ0n) is 25.8. The van der Waals surface area contributed by atoms with Crippen LogP contribution >= 0.6 is 0 Å². The lowest BCUT2D eigenvalue weighted by atomic mass is 10.0. The van der Waals surface area contributed by atoms with Gasteiger partial charge in [-0.15, -0.1) is 0 Å². The Morgan fingerprint density at radius 1 is 0.773 bits per heavy atom. The number of aryl methyl sites for hydroxylation is 2. The lowest BCUT2D eigenvalue weighted by molar-refractivity contribution is -0.140. The topological polar surface area (TPSA) is 86.8 Å². The summed E-state index contributed by atoms with van der Waals surface area (Å²) in [5.74, 6) is -0.545. The Morgan fingerprint density at radius 3 is 1.93 bits per heavy atom. The number of benzene rings is 4. The van der Waals surface area contributed by atoms with Crippen molar-refractivity contribution in [3.63, 3.8) is 0 Å². The molecule has 4 aromatic carbocycles. The van der Waals surface area contributed by atoms with Crippen molar-refractivity contribution in [2.24, 2.45) is 5.92 Å². The molecule has 44 heavy (non-hydrogen) atoms.